The minimum atomic E-state index is 0.323. The predicted molar refractivity (Wildman–Crippen MR) is 61.3 cm³/mol. The fraction of sp³-hybridized carbons (Fsp3) is 0.231. The summed E-state index contributed by atoms with van der Waals surface area (Å²) in [5.74, 6) is 0.323. The molecule has 1 aromatic carbocycles. The summed E-state index contributed by atoms with van der Waals surface area (Å²) in [6, 6.07) is 5.41. The van der Waals surface area contributed by atoms with Crippen LogP contribution in [0.5, 0.6) is 5.75 Å². The maximum atomic E-state index is 9.24. The second-order valence-corrected chi connectivity index (χ2v) is 3.43. The van der Waals surface area contributed by atoms with E-state index in [4.69, 9.17) is 0 Å². The molecule has 0 spiro atoms. The fourth-order valence-electron chi connectivity index (χ4n) is 1.38. The fourth-order valence-corrected chi connectivity index (χ4v) is 1.38. The lowest BCUT2D eigenvalue weighted by molar-refractivity contribution is 0.475. The molecular weight excluding hydrogens is 172 g/mol. The van der Waals surface area contributed by atoms with Crippen molar-refractivity contribution in [2.45, 2.75) is 20.8 Å². The summed E-state index contributed by atoms with van der Waals surface area (Å²) < 4.78 is 0. The van der Waals surface area contributed by atoms with Gasteiger partial charge in [0.1, 0.15) is 5.75 Å². The minimum Gasteiger partial charge on any atom is -0.508 e. The Morgan fingerprint density at radius 1 is 1.36 bits per heavy atom. The van der Waals surface area contributed by atoms with Gasteiger partial charge in [0.05, 0.1) is 0 Å². The van der Waals surface area contributed by atoms with Gasteiger partial charge in [-0.25, -0.2) is 0 Å². The zero-order valence-electron chi connectivity index (χ0n) is 8.91. The summed E-state index contributed by atoms with van der Waals surface area (Å²) in [5.41, 5.74) is 3.45. The standard InChI is InChI=1S/C13H16O/c1-4-5-10(2)8-12-6-7-13(14)9-11(12)3/h4-9,14H,1-3H3/b5-4+,10-8-. The van der Waals surface area contributed by atoms with Crippen molar-refractivity contribution in [3.8, 4) is 5.75 Å². The van der Waals surface area contributed by atoms with Gasteiger partial charge in [0.25, 0.3) is 0 Å². The second-order valence-electron chi connectivity index (χ2n) is 3.43. The van der Waals surface area contributed by atoms with E-state index in [9.17, 15) is 5.11 Å². The van der Waals surface area contributed by atoms with Crippen LogP contribution in [0.3, 0.4) is 0 Å². The van der Waals surface area contributed by atoms with Crippen LogP contribution in [0.4, 0.5) is 0 Å². The van der Waals surface area contributed by atoms with E-state index in [1.165, 1.54) is 5.57 Å². The van der Waals surface area contributed by atoms with Crippen molar-refractivity contribution in [2.24, 2.45) is 0 Å². The number of aryl methyl sites for hydroxylation is 1. The van der Waals surface area contributed by atoms with Crippen molar-refractivity contribution >= 4 is 6.08 Å². The van der Waals surface area contributed by atoms with E-state index in [2.05, 4.69) is 19.1 Å². The van der Waals surface area contributed by atoms with Gasteiger partial charge in [0.15, 0.2) is 0 Å². The molecule has 0 unspecified atom stereocenters. The van der Waals surface area contributed by atoms with Gasteiger partial charge < -0.3 is 5.11 Å². The Bertz CT molecular complexity index is 373. The molecule has 0 aromatic heterocycles. The summed E-state index contributed by atoms with van der Waals surface area (Å²) in [4.78, 5) is 0. The van der Waals surface area contributed by atoms with E-state index in [1.807, 2.05) is 26.0 Å². The van der Waals surface area contributed by atoms with E-state index >= 15 is 0 Å². The smallest absolute Gasteiger partial charge is 0.115 e. The van der Waals surface area contributed by atoms with Crippen molar-refractivity contribution in [1.82, 2.24) is 0 Å². The Hall–Kier alpha value is -1.50. The van der Waals surface area contributed by atoms with Gasteiger partial charge in [-0.2, -0.15) is 0 Å². The van der Waals surface area contributed by atoms with E-state index in [0.29, 0.717) is 5.75 Å². The van der Waals surface area contributed by atoms with Crippen LogP contribution in [0.15, 0.2) is 35.9 Å². The Labute approximate surface area is 85.4 Å². The first-order valence-electron chi connectivity index (χ1n) is 4.74. The Morgan fingerprint density at radius 3 is 2.64 bits per heavy atom. The van der Waals surface area contributed by atoms with Crippen LogP contribution in [0.1, 0.15) is 25.0 Å². The molecule has 0 bridgehead atoms. The van der Waals surface area contributed by atoms with Gasteiger partial charge in [0, 0.05) is 0 Å². The third kappa shape index (κ3) is 2.77. The molecule has 0 atom stereocenters. The quantitative estimate of drug-likeness (QED) is 0.702. The number of phenolic OH excluding ortho intramolecular Hbond substituents is 1. The first kappa shape index (κ1) is 10.6. The van der Waals surface area contributed by atoms with Crippen LogP contribution >= 0.6 is 0 Å². The van der Waals surface area contributed by atoms with Crippen molar-refractivity contribution in [3.05, 3.63) is 47.1 Å². The molecule has 0 saturated carbocycles. The number of hydrogen-bond acceptors (Lipinski definition) is 1. The third-order valence-corrected chi connectivity index (χ3v) is 2.07. The number of aromatic hydroxyl groups is 1. The molecule has 1 aromatic rings. The van der Waals surface area contributed by atoms with E-state index in [-0.39, 0.29) is 0 Å². The zero-order chi connectivity index (χ0) is 10.6. The van der Waals surface area contributed by atoms with Crippen LogP contribution in [0.25, 0.3) is 6.08 Å². The van der Waals surface area contributed by atoms with E-state index in [0.717, 1.165) is 11.1 Å². The first-order valence-corrected chi connectivity index (χ1v) is 4.74. The van der Waals surface area contributed by atoms with E-state index < -0.39 is 0 Å². The normalized spacial score (nSPS) is 12.4. The minimum absolute atomic E-state index is 0.323. The molecule has 14 heavy (non-hydrogen) atoms. The number of rotatable bonds is 2. The second kappa shape index (κ2) is 4.66. The molecule has 0 aliphatic heterocycles. The van der Waals surface area contributed by atoms with Crippen LogP contribution in [0, 0.1) is 6.92 Å². The average Bonchev–Trinajstić information content (AvgIpc) is 2.10. The lowest BCUT2D eigenvalue weighted by Crippen LogP contribution is -1.80. The zero-order valence-corrected chi connectivity index (χ0v) is 8.91. The molecule has 0 aliphatic rings. The third-order valence-electron chi connectivity index (χ3n) is 2.07. The van der Waals surface area contributed by atoms with Crippen molar-refractivity contribution in [1.29, 1.82) is 0 Å². The SMILES string of the molecule is C/C=C/C(C)=C\c1ccc(O)cc1C. The molecule has 0 heterocycles. The van der Waals surface area contributed by atoms with Crippen molar-refractivity contribution in [3.63, 3.8) is 0 Å². The molecule has 0 aliphatic carbocycles. The highest BCUT2D eigenvalue weighted by Gasteiger charge is 1.95. The molecule has 1 N–H and O–H groups in total. The first-order chi connectivity index (χ1) is 6.63. The molecule has 0 radical (unpaired) electrons. The summed E-state index contributed by atoms with van der Waals surface area (Å²) in [6.45, 7) is 6.06. The van der Waals surface area contributed by atoms with Gasteiger partial charge in [-0.1, -0.05) is 29.9 Å². The summed E-state index contributed by atoms with van der Waals surface area (Å²) in [5, 5.41) is 9.24. The summed E-state index contributed by atoms with van der Waals surface area (Å²) in [6.07, 6.45) is 6.18. The molecular formula is C13H16O. The Balaban J connectivity index is 3.03. The van der Waals surface area contributed by atoms with Gasteiger partial charge in [-0.05, 0) is 44.0 Å². The lowest BCUT2D eigenvalue weighted by atomic mass is 10.1. The molecule has 74 valence electrons. The monoisotopic (exact) mass is 188 g/mol. The molecule has 1 nitrogen and oxygen atoms in total. The molecule has 0 saturated heterocycles. The highest BCUT2D eigenvalue weighted by atomic mass is 16.3. The predicted octanol–water partition coefficient (Wildman–Crippen LogP) is 3.68. The Morgan fingerprint density at radius 2 is 2.07 bits per heavy atom. The maximum absolute atomic E-state index is 9.24. The summed E-state index contributed by atoms with van der Waals surface area (Å²) in [7, 11) is 0. The summed E-state index contributed by atoms with van der Waals surface area (Å²) >= 11 is 0. The van der Waals surface area contributed by atoms with Crippen LogP contribution in [-0.2, 0) is 0 Å². The van der Waals surface area contributed by atoms with Crippen LogP contribution < -0.4 is 0 Å². The maximum Gasteiger partial charge on any atom is 0.115 e. The highest BCUT2D eigenvalue weighted by molar-refractivity contribution is 5.59. The topological polar surface area (TPSA) is 20.2 Å². The van der Waals surface area contributed by atoms with Crippen molar-refractivity contribution in [2.75, 3.05) is 0 Å². The molecule has 0 amide bonds. The molecule has 1 rings (SSSR count). The Kier molecular flexibility index (Phi) is 3.52. The molecule has 1 heteroatoms. The van der Waals surface area contributed by atoms with Crippen LogP contribution in [-0.4, -0.2) is 5.11 Å². The molecule has 0 fully saturated rings. The number of phenols is 1. The van der Waals surface area contributed by atoms with Gasteiger partial charge in [-0.3, -0.25) is 0 Å². The van der Waals surface area contributed by atoms with Crippen LogP contribution in [0.2, 0.25) is 0 Å². The highest BCUT2D eigenvalue weighted by Crippen LogP contribution is 2.18. The average molecular weight is 188 g/mol. The van der Waals surface area contributed by atoms with Gasteiger partial charge in [-0.15, -0.1) is 0 Å². The largest absolute Gasteiger partial charge is 0.508 e. The number of allylic oxidation sites excluding steroid dienone is 3. The number of hydrogen-bond donors (Lipinski definition) is 1. The van der Waals surface area contributed by atoms with Gasteiger partial charge >= 0.3 is 0 Å². The number of benzene rings is 1. The van der Waals surface area contributed by atoms with Crippen molar-refractivity contribution < 1.29 is 5.11 Å². The lowest BCUT2D eigenvalue weighted by Gasteiger charge is -2.01. The van der Waals surface area contributed by atoms with E-state index in [1.54, 1.807) is 12.1 Å². The van der Waals surface area contributed by atoms with Gasteiger partial charge in [0.2, 0.25) is 0 Å².